The zero-order valence-corrected chi connectivity index (χ0v) is 11.3. The molecule has 0 aliphatic carbocycles. The van der Waals surface area contributed by atoms with E-state index in [1.165, 1.54) is 0 Å². The van der Waals surface area contributed by atoms with E-state index >= 15 is 0 Å². The summed E-state index contributed by atoms with van der Waals surface area (Å²) in [6, 6.07) is 13.0. The largest absolute Gasteiger partial charge is 0.399 e. The van der Waals surface area contributed by atoms with Crippen molar-refractivity contribution in [1.82, 2.24) is 0 Å². The highest BCUT2D eigenvalue weighted by Crippen LogP contribution is 2.25. The van der Waals surface area contributed by atoms with Crippen LogP contribution in [0.15, 0.2) is 47.4 Å². The number of benzene rings is 2. The van der Waals surface area contributed by atoms with Crippen LogP contribution in [0.3, 0.4) is 0 Å². The molecule has 2 rings (SSSR count). The highest BCUT2D eigenvalue weighted by molar-refractivity contribution is 7.98. The van der Waals surface area contributed by atoms with Crippen LogP contribution in [0.4, 0.5) is 17.1 Å². The minimum absolute atomic E-state index is 0.384. The third-order valence-electron chi connectivity index (χ3n) is 2.66. The van der Waals surface area contributed by atoms with Gasteiger partial charge in [-0.1, -0.05) is 6.07 Å². The Morgan fingerprint density at radius 3 is 2.68 bits per heavy atom. The summed E-state index contributed by atoms with van der Waals surface area (Å²) in [4.78, 5) is 12.5. The summed E-state index contributed by atoms with van der Waals surface area (Å²) in [5.41, 5.74) is 13.5. The highest BCUT2D eigenvalue weighted by atomic mass is 32.2. The summed E-state index contributed by atoms with van der Waals surface area (Å²) in [6.45, 7) is 0. The molecule has 0 spiro atoms. The Kier molecular flexibility index (Phi) is 3.97. The standard InChI is InChI=1S/C14H15N3OS/c1-19-11-4-2-3-10(8-11)17-13-6-5-9(15)7-12(13)14(16)18/h2-8,17H,15H2,1H3,(H2,16,18). The van der Waals surface area contributed by atoms with Gasteiger partial charge in [-0.05, 0) is 42.7 Å². The van der Waals surface area contributed by atoms with Crippen molar-refractivity contribution in [2.45, 2.75) is 4.90 Å². The van der Waals surface area contributed by atoms with Crippen molar-refractivity contribution in [1.29, 1.82) is 0 Å². The van der Waals surface area contributed by atoms with E-state index in [2.05, 4.69) is 5.32 Å². The number of hydrogen-bond acceptors (Lipinski definition) is 4. The maximum Gasteiger partial charge on any atom is 0.250 e. The summed E-state index contributed by atoms with van der Waals surface area (Å²) in [7, 11) is 0. The molecule has 0 saturated carbocycles. The average molecular weight is 273 g/mol. The quantitative estimate of drug-likeness (QED) is 0.591. The fourth-order valence-electron chi connectivity index (χ4n) is 1.73. The van der Waals surface area contributed by atoms with Crippen LogP contribution in [0.2, 0.25) is 0 Å². The van der Waals surface area contributed by atoms with Gasteiger partial charge in [-0.2, -0.15) is 0 Å². The lowest BCUT2D eigenvalue weighted by atomic mass is 10.1. The molecule has 2 aromatic carbocycles. The third kappa shape index (κ3) is 3.20. The molecule has 4 nitrogen and oxygen atoms in total. The van der Waals surface area contributed by atoms with Gasteiger partial charge < -0.3 is 16.8 Å². The maximum atomic E-state index is 11.4. The SMILES string of the molecule is CSc1cccc(Nc2ccc(N)cc2C(N)=O)c1. The Bertz CT molecular complexity index is 613. The summed E-state index contributed by atoms with van der Waals surface area (Å²) in [5, 5.41) is 3.19. The molecule has 0 atom stereocenters. The smallest absolute Gasteiger partial charge is 0.250 e. The molecule has 5 N–H and O–H groups in total. The first-order chi connectivity index (χ1) is 9.10. The van der Waals surface area contributed by atoms with Crippen molar-refractivity contribution in [2.75, 3.05) is 17.3 Å². The zero-order valence-electron chi connectivity index (χ0n) is 10.5. The van der Waals surface area contributed by atoms with Crippen molar-refractivity contribution < 1.29 is 4.79 Å². The van der Waals surface area contributed by atoms with Crippen LogP contribution in [0.25, 0.3) is 0 Å². The van der Waals surface area contributed by atoms with E-state index in [4.69, 9.17) is 11.5 Å². The number of hydrogen-bond donors (Lipinski definition) is 3. The summed E-state index contributed by atoms with van der Waals surface area (Å²) < 4.78 is 0. The minimum atomic E-state index is -0.504. The third-order valence-corrected chi connectivity index (χ3v) is 3.38. The average Bonchev–Trinajstić information content (AvgIpc) is 2.41. The van der Waals surface area contributed by atoms with Gasteiger partial charge in [0.2, 0.25) is 0 Å². The Hall–Kier alpha value is -2.14. The van der Waals surface area contributed by atoms with Gasteiger partial charge in [-0.15, -0.1) is 11.8 Å². The molecule has 0 unspecified atom stereocenters. The second kappa shape index (κ2) is 5.67. The van der Waals surface area contributed by atoms with Gasteiger partial charge in [0, 0.05) is 16.3 Å². The molecular formula is C14H15N3OS. The van der Waals surface area contributed by atoms with Crippen LogP contribution in [0.1, 0.15) is 10.4 Å². The number of nitrogens with one attached hydrogen (secondary N) is 1. The van der Waals surface area contributed by atoms with Crippen LogP contribution >= 0.6 is 11.8 Å². The highest BCUT2D eigenvalue weighted by Gasteiger charge is 2.09. The molecule has 0 bridgehead atoms. The first-order valence-electron chi connectivity index (χ1n) is 5.70. The van der Waals surface area contributed by atoms with Crippen molar-refractivity contribution in [2.24, 2.45) is 5.73 Å². The molecular weight excluding hydrogens is 258 g/mol. The second-order valence-electron chi connectivity index (χ2n) is 4.03. The number of carbonyl (C=O) groups is 1. The maximum absolute atomic E-state index is 11.4. The van der Waals surface area contributed by atoms with Crippen molar-refractivity contribution in [3.63, 3.8) is 0 Å². The summed E-state index contributed by atoms with van der Waals surface area (Å²) in [5.74, 6) is -0.504. The van der Waals surface area contributed by atoms with E-state index in [0.29, 0.717) is 16.9 Å². The van der Waals surface area contributed by atoms with Gasteiger partial charge >= 0.3 is 0 Å². The fraction of sp³-hybridized carbons (Fsp3) is 0.0714. The number of carbonyl (C=O) groups excluding carboxylic acids is 1. The molecule has 0 aliphatic heterocycles. The molecule has 0 radical (unpaired) electrons. The molecule has 0 aliphatic rings. The van der Waals surface area contributed by atoms with Gasteiger partial charge in [-0.25, -0.2) is 0 Å². The van der Waals surface area contributed by atoms with Crippen LogP contribution in [-0.4, -0.2) is 12.2 Å². The van der Waals surface area contributed by atoms with Crippen molar-refractivity contribution in [3.05, 3.63) is 48.0 Å². The molecule has 0 fully saturated rings. The Balaban J connectivity index is 2.34. The predicted molar refractivity (Wildman–Crippen MR) is 80.9 cm³/mol. The number of nitrogens with two attached hydrogens (primary N) is 2. The second-order valence-corrected chi connectivity index (χ2v) is 4.91. The van der Waals surface area contributed by atoms with E-state index in [0.717, 1.165) is 10.6 Å². The number of primary amides is 1. The molecule has 98 valence electrons. The predicted octanol–water partition coefficient (Wildman–Crippen LogP) is 2.83. The van der Waals surface area contributed by atoms with Crippen LogP contribution in [-0.2, 0) is 0 Å². The fourth-order valence-corrected chi connectivity index (χ4v) is 2.19. The Morgan fingerprint density at radius 1 is 1.21 bits per heavy atom. The molecule has 2 aromatic rings. The van der Waals surface area contributed by atoms with Gasteiger partial charge in [0.1, 0.15) is 0 Å². The molecule has 1 amide bonds. The number of nitrogen functional groups attached to an aromatic ring is 1. The van der Waals surface area contributed by atoms with E-state index < -0.39 is 5.91 Å². The van der Waals surface area contributed by atoms with Gasteiger partial charge in [0.15, 0.2) is 0 Å². The molecule has 0 saturated heterocycles. The minimum Gasteiger partial charge on any atom is -0.399 e. The van der Waals surface area contributed by atoms with Crippen LogP contribution in [0.5, 0.6) is 0 Å². The van der Waals surface area contributed by atoms with Gasteiger partial charge in [-0.3, -0.25) is 4.79 Å². The van der Waals surface area contributed by atoms with Gasteiger partial charge in [0.05, 0.1) is 11.3 Å². The molecule has 5 heteroatoms. The van der Waals surface area contributed by atoms with Crippen molar-refractivity contribution >= 4 is 34.7 Å². The molecule has 19 heavy (non-hydrogen) atoms. The van der Waals surface area contributed by atoms with Crippen LogP contribution < -0.4 is 16.8 Å². The lowest BCUT2D eigenvalue weighted by Gasteiger charge is -2.11. The van der Waals surface area contributed by atoms with Gasteiger partial charge in [0.25, 0.3) is 5.91 Å². The topological polar surface area (TPSA) is 81.1 Å². The monoisotopic (exact) mass is 273 g/mol. The van der Waals surface area contributed by atoms with Crippen molar-refractivity contribution in [3.8, 4) is 0 Å². The lowest BCUT2D eigenvalue weighted by molar-refractivity contribution is 0.100. The summed E-state index contributed by atoms with van der Waals surface area (Å²) in [6.07, 6.45) is 2.01. The zero-order chi connectivity index (χ0) is 13.8. The normalized spacial score (nSPS) is 10.2. The molecule has 0 aromatic heterocycles. The molecule has 0 heterocycles. The van der Waals surface area contributed by atoms with E-state index in [-0.39, 0.29) is 0 Å². The van der Waals surface area contributed by atoms with Crippen LogP contribution in [0, 0.1) is 0 Å². The Morgan fingerprint density at radius 2 is 2.00 bits per heavy atom. The number of amides is 1. The van der Waals surface area contributed by atoms with E-state index in [1.807, 2.05) is 30.5 Å². The lowest BCUT2D eigenvalue weighted by Crippen LogP contribution is -2.13. The summed E-state index contributed by atoms with van der Waals surface area (Å²) >= 11 is 1.65. The number of anilines is 3. The first-order valence-corrected chi connectivity index (χ1v) is 6.93. The van der Waals surface area contributed by atoms with E-state index in [9.17, 15) is 4.79 Å². The number of rotatable bonds is 4. The van der Waals surface area contributed by atoms with E-state index in [1.54, 1.807) is 30.0 Å². The first kappa shape index (κ1) is 13.3. The Labute approximate surface area is 116 Å². The number of thioether (sulfide) groups is 1.